The SMILES string of the molecule is Clc1ccccc1.O=C(O)c1cccc(N(C(=O)C2CC2)c2ccccc2)c1. The fourth-order valence-electron chi connectivity index (χ4n) is 2.69. The molecule has 0 bridgehead atoms. The van der Waals surface area contributed by atoms with E-state index in [1.807, 2.05) is 60.7 Å². The van der Waals surface area contributed by atoms with Crippen LogP contribution in [0, 0.1) is 5.92 Å². The Morgan fingerprint density at radius 2 is 1.39 bits per heavy atom. The Labute approximate surface area is 169 Å². The highest BCUT2D eigenvalue weighted by Gasteiger charge is 2.34. The van der Waals surface area contributed by atoms with Gasteiger partial charge in [-0.05, 0) is 55.3 Å². The van der Waals surface area contributed by atoms with Crippen LogP contribution in [0.2, 0.25) is 5.02 Å². The molecule has 3 aromatic carbocycles. The summed E-state index contributed by atoms with van der Waals surface area (Å²) in [6.07, 6.45) is 1.81. The van der Waals surface area contributed by atoms with E-state index in [-0.39, 0.29) is 17.4 Å². The van der Waals surface area contributed by atoms with E-state index >= 15 is 0 Å². The third-order valence-electron chi connectivity index (χ3n) is 4.25. The highest BCUT2D eigenvalue weighted by Crippen LogP contribution is 2.36. The summed E-state index contributed by atoms with van der Waals surface area (Å²) in [5.74, 6) is -0.911. The second-order valence-electron chi connectivity index (χ2n) is 6.43. The first-order valence-electron chi connectivity index (χ1n) is 8.99. The molecule has 28 heavy (non-hydrogen) atoms. The summed E-state index contributed by atoms with van der Waals surface area (Å²) in [5.41, 5.74) is 1.53. The van der Waals surface area contributed by atoms with Gasteiger partial charge in [0.25, 0.3) is 0 Å². The molecule has 1 aliphatic rings. The highest BCUT2D eigenvalue weighted by molar-refractivity contribution is 6.30. The van der Waals surface area contributed by atoms with Crippen molar-refractivity contribution in [3.05, 3.63) is 95.5 Å². The smallest absolute Gasteiger partial charge is 0.335 e. The number of aromatic carboxylic acids is 1. The molecule has 0 radical (unpaired) electrons. The number of hydrogen-bond donors (Lipinski definition) is 1. The van der Waals surface area contributed by atoms with Crippen molar-refractivity contribution in [2.45, 2.75) is 12.8 Å². The van der Waals surface area contributed by atoms with E-state index in [0.717, 1.165) is 23.6 Å². The molecule has 0 unspecified atom stereocenters. The third kappa shape index (κ3) is 5.21. The number of amides is 1. The van der Waals surface area contributed by atoms with Crippen LogP contribution in [0.1, 0.15) is 23.2 Å². The van der Waals surface area contributed by atoms with Gasteiger partial charge in [0.15, 0.2) is 0 Å². The molecule has 1 fully saturated rings. The largest absolute Gasteiger partial charge is 0.478 e. The van der Waals surface area contributed by atoms with Crippen molar-refractivity contribution in [1.29, 1.82) is 0 Å². The Bertz CT molecular complexity index is 940. The number of halogens is 1. The van der Waals surface area contributed by atoms with E-state index in [1.165, 1.54) is 12.1 Å². The monoisotopic (exact) mass is 393 g/mol. The quantitative estimate of drug-likeness (QED) is 0.609. The van der Waals surface area contributed by atoms with E-state index in [9.17, 15) is 9.59 Å². The van der Waals surface area contributed by atoms with Gasteiger partial charge in [-0.1, -0.05) is 54.1 Å². The van der Waals surface area contributed by atoms with Gasteiger partial charge < -0.3 is 5.11 Å². The molecule has 5 heteroatoms. The molecule has 1 aliphatic carbocycles. The normalized spacial score (nSPS) is 12.5. The lowest BCUT2D eigenvalue weighted by Crippen LogP contribution is -2.27. The van der Waals surface area contributed by atoms with Crippen LogP contribution in [0.15, 0.2) is 84.9 Å². The van der Waals surface area contributed by atoms with E-state index in [4.69, 9.17) is 16.7 Å². The van der Waals surface area contributed by atoms with Crippen molar-refractivity contribution in [3.8, 4) is 0 Å². The van der Waals surface area contributed by atoms with Crippen molar-refractivity contribution in [1.82, 2.24) is 0 Å². The van der Waals surface area contributed by atoms with Crippen molar-refractivity contribution in [3.63, 3.8) is 0 Å². The predicted molar refractivity (Wildman–Crippen MR) is 111 cm³/mol. The number of benzene rings is 3. The average molecular weight is 394 g/mol. The van der Waals surface area contributed by atoms with E-state index in [2.05, 4.69) is 0 Å². The first-order valence-corrected chi connectivity index (χ1v) is 9.37. The van der Waals surface area contributed by atoms with Crippen molar-refractivity contribution < 1.29 is 14.7 Å². The predicted octanol–water partition coefficient (Wildman–Crippen LogP) is 5.80. The molecule has 142 valence electrons. The first-order chi connectivity index (χ1) is 13.6. The van der Waals surface area contributed by atoms with Crippen LogP contribution >= 0.6 is 11.6 Å². The Morgan fingerprint density at radius 3 is 1.89 bits per heavy atom. The number of para-hydroxylation sites is 1. The number of rotatable bonds is 4. The van der Waals surface area contributed by atoms with Gasteiger partial charge in [-0.15, -0.1) is 0 Å². The molecule has 1 amide bonds. The standard InChI is InChI=1S/C17H15NO3.C6H5Cl/c19-16(12-9-10-12)18(14-6-2-1-3-7-14)15-8-4-5-13(11-15)17(20)21;7-6-4-2-1-3-5-6/h1-8,11-12H,9-10H2,(H,20,21);1-5H. The summed E-state index contributed by atoms with van der Waals surface area (Å²) < 4.78 is 0. The van der Waals surface area contributed by atoms with Gasteiger partial charge >= 0.3 is 5.97 Å². The van der Waals surface area contributed by atoms with Gasteiger partial charge in [-0.3, -0.25) is 9.69 Å². The van der Waals surface area contributed by atoms with Crippen molar-refractivity contribution in [2.24, 2.45) is 5.92 Å². The fourth-order valence-corrected chi connectivity index (χ4v) is 2.83. The third-order valence-corrected chi connectivity index (χ3v) is 4.50. The van der Waals surface area contributed by atoms with Crippen LogP contribution in [-0.2, 0) is 4.79 Å². The number of carboxylic acids is 1. The lowest BCUT2D eigenvalue weighted by Gasteiger charge is -2.23. The molecular weight excluding hydrogens is 374 g/mol. The molecule has 0 heterocycles. The Balaban J connectivity index is 0.000000271. The van der Waals surface area contributed by atoms with E-state index < -0.39 is 5.97 Å². The minimum Gasteiger partial charge on any atom is -0.478 e. The first kappa shape index (κ1) is 19.6. The van der Waals surface area contributed by atoms with E-state index in [0.29, 0.717) is 5.69 Å². The Hall–Kier alpha value is -3.11. The highest BCUT2D eigenvalue weighted by atomic mass is 35.5. The summed E-state index contributed by atoms with van der Waals surface area (Å²) >= 11 is 5.54. The zero-order chi connectivity index (χ0) is 19.9. The van der Waals surface area contributed by atoms with Crippen LogP contribution in [0.3, 0.4) is 0 Å². The van der Waals surface area contributed by atoms with Gasteiger partial charge in [-0.2, -0.15) is 0 Å². The molecule has 0 atom stereocenters. The maximum absolute atomic E-state index is 12.6. The molecule has 3 aromatic rings. The second-order valence-corrected chi connectivity index (χ2v) is 6.87. The van der Waals surface area contributed by atoms with Crippen LogP contribution in [-0.4, -0.2) is 17.0 Å². The van der Waals surface area contributed by atoms with Crippen LogP contribution in [0.25, 0.3) is 0 Å². The summed E-state index contributed by atoms with van der Waals surface area (Å²) in [6.45, 7) is 0. The minimum absolute atomic E-state index is 0.0312. The summed E-state index contributed by atoms with van der Waals surface area (Å²) in [7, 11) is 0. The zero-order valence-corrected chi connectivity index (χ0v) is 15.9. The number of nitrogens with zero attached hydrogens (tertiary/aromatic N) is 1. The minimum atomic E-state index is -0.997. The molecule has 4 nitrogen and oxygen atoms in total. The van der Waals surface area contributed by atoms with Crippen LogP contribution in [0.5, 0.6) is 0 Å². The van der Waals surface area contributed by atoms with Gasteiger partial charge in [0, 0.05) is 22.3 Å². The van der Waals surface area contributed by atoms with Gasteiger partial charge in [0.1, 0.15) is 0 Å². The fraction of sp³-hybridized carbons (Fsp3) is 0.130. The van der Waals surface area contributed by atoms with Gasteiger partial charge in [-0.25, -0.2) is 4.79 Å². The molecule has 0 spiro atoms. The second kappa shape index (κ2) is 9.20. The summed E-state index contributed by atoms with van der Waals surface area (Å²) in [6, 6.07) is 25.3. The number of hydrogen-bond acceptors (Lipinski definition) is 2. The molecule has 4 rings (SSSR count). The average Bonchev–Trinajstić information content (AvgIpc) is 3.56. The van der Waals surface area contributed by atoms with Crippen molar-refractivity contribution >= 4 is 34.9 Å². The zero-order valence-electron chi connectivity index (χ0n) is 15.2. The summed E-state index contributed by atoms with van der Waals surface area (Å²) in [5, 5.41) is 9.91. The van der Waals surface area contributed by atoms with Crippen LogP contribution in [0.4, 0.5) is 11.4 Å². The maximum atomic E-state index is 12.6. The van der Waals surface area contributed by atoms with Gasteiger partial charge in [0.05, 0.1) is 5.56 Å². The Morgan fingerprint density at radius 1 is 0.821 bits per heavy atom. The summed E-state index contributed by atoms with van der Waals surface area (Å²) in [4.78, 5) is 25.3. The molecule has 1 N–H and O–H groups in total. The maximum Gasteiger partial charge on any atom is 0.335 e. The lowest BCUT2D eigenvalue weighted by atomic mass is 10.1. The number of carbonyl (C=O) groups excluding carboxylic acids is 1. The van der Waals surface area contributed by atoms with Gasteiger partial charge in [0.2, 0.25) is 5.91 Å². The number of carboxylic acid groups (broad SMARTS) is 1. The number of carbonyl (C=O) groups is 2. The Kier molecular flexibility index (Phi) is 6.45. The molecular formula is C23H20ClNO3. The van der Waals surface area contributed by atoms with E-state index in [1.54, 1.807) is 17.0 Å². The van der Waals surface area contributed by atoms with Crippen molar-refractivity contribution in [2.75, 3.05) is 4.90 Å². The van der Waals surface area contributed by atoms with Crippen LogP contribution < -0.4 is 4.90 Å². The molecule has 0 aromatic heterocycles. The molecule has 0 saturated heterocycles. The molecule has 0 aliphatic heterocycles. The number of anilines is 2. The lowest BCUT2D eigenvalue weighted by molar-refractivity contribution is -0.119. The molecule has 1 saturated carbocycles. The topological polar surface area (TPSA) is 57.6 Å².